The number of nitrogens with one attached hydrogen (secondary N) is 1. The normalized spacial score (nSPS) is 15.4. The number of sulfonamides is 1. The number of nitrogens with zero attached hydrogens (tertiary/aromatic N) is 4. The Morgan fingerprint density at radius 3 is 2.19 bits per heavy atom. The number of anilines is 1. The highest BCUT2D eigenvalue weighted by molar-refractivity contribution is 7.89. The molecule has 3 rings (SSSR count). The molecule has 1 aromatic carbocycles. The second kappa shape index (κ2) is 7.89. The van der Waals surface area contributed by atoms with Gasteiger partial charge in [0.1, 0.15) is 5.75 Å². The van der Waals surface area contributed by atoms with Crippen LogP contribution in [0.5, 0.6) is 5.75 Å². The van der Waals surface area contributed by atoms with Crippen molar-refractivity contribution in [1.29, 1.82) is 0 Å². The molecule has 1 fully saturated rings. The molecule has 144 valence electrons. The number of methoxy groups -OCH3 is 1. The summed E-state index contributed by atoms with van der Waals surface area (Å²) >= 11 is 0. The highest BCUT2D eigenvalue weighted by Gasteiger charge is 2.30. The fourth-order valence-corrected chi connectivity index (χ4v) is 4.20. The van der Waals surface area contributed by atoms with E-state index >= 15 is 0 Å². The van der Waals surface area contributed by atoms with Gasteiger partial charge in [0.2, 0.25) is 16.0 Å². The van der Waals surface area contributed by atoms with Crippen LogP contribution < -0.4 is 10.1 Å². The highest BCUT2D eigenvalue weighted by atomic mass is 32.2. The number of hydrogen-bond donors (Lipinski definition) is 1. The predicted molar refractivity (Wildman–Crippen MR) is 99.2 cm³/mol. The Labute approximate surface area is 158 Å². The predicted octanol–water partition coefficient (Wildman–Crippen LogP) is 0.674. The van der Waals surface area contributed by atoms with Gasteiger partial charge in [-0.15, -0.1) is 0 Å². The molecule has 0 radical (unpaired) electrons. The van der Waals surface area contributed by atoms with Gasteiger partial charge in [-0.1, -0.05) is 0 Å². The second-order valence-corrected chi connectivity index (χ2v) is 7.86. The van der Waals surface area contributed by atoms with Crippen molar-refractivity contribution in [2.45, 2.75) is 4.90 Å². The van der Waals surface area contributed by atoms with Gasteiger partial charge in [0.15, 0.2) is 0 Å². The Balaban J connectivity index is 1.65. The van der Waals surface area contributed by atoms with Gasteiger partial charge >= 0.3 is 0 Å². The van der Waals surface area contributed by atoms with Crippen molar-refractivity contribution in [2.75, 3.05) is 45.7 Å². The molecule has 2 heterocycles. The number of carbonyl (C=O) groups is 1. The molecule has 9 nitrogen and oxygen atoms in total. The Morgan fingerprint density at radius 2 is 1.67 bits per heavy atom. The summed E-state index contributed by atoms with van der Waals surface area (Å²) in [6.45, 7) is 1.08. The molecular formula is C17H21N5O4S. The number of ether oxygens (including phenoxy) is 1. The first-order chi connectivity index (χ1) is 13.0. The molecule has 0 atom stereocenters. The number of carbonyl (C=O) groups excluding carboxylic acids is 1. The fourth-order valence-electron chi connectivity index (χ4n) is 2.78. The lowest BCUT2D eigenvalue weighted by molar-refractivity contribution is 0.0697. The fraction of sp³-hybridized carbons (Fsp3) is 0.353. The van der Waals surface area contributed by atoms with Crippen LogP contribution in [0.3, 0.4) is 0 Å². The average molecular weight is 391 g/mol. The summed E-state index contributed by atoms with van der Waals surface area (Å²) in [4.78, 5) is 22.4. The number of aromatic nitrogens is 2. The lowest BCUT2D eigenvalue weighted by Gasteiger charge is -2.34. The molecule has 1 N–H and O–H groups in total. The monoisotopic (exact) mass is 391 g/mol. The number of rotatable bonds is 5. The average Bonchev–Trinajstić information content (AvgIpc) is 2.73. The van der Waals surface area contributed by atoms with Crippen molar-refractivity contribution in [3.63, 3.8) is 0 Å². The van der Waals surface area contributed by atoms with Gasteiger partial charge in [0.05, 0.1) is 17.6 Å². The summed E-state index contributed by atoms with van der Waals surface area (Å²) in [5.74, 6) is 0.817. The first kappa shape index (κ1) is 19.1. The highest BCUT2D eigenvalue weighted by Crippen LogP contribution is 2.21. The second-order valence-electron chi connectivity index (χ2n) is 5.92. The Hall–Kier alpha value is -2.72. The molecule has 0 unspecified atom stereocenters. The summed E-state index contributed by atoms with van der Waals surface area (Å²) in [5.41, 5.74) is 0.375. The third-order valence-electron chi connectivity index (χ3n) is 4.35. The largest absolute Gasteiger partial charge is 0.497 e. The van der Waals surface area contributed by atoms with E-state index in [1.165, 1.54) is 35.9 Å². The SMILES string of the molecule is CNc1ncc(C(=O)N2CCN(S(=O)(=O)c3ccc(OC)cc3)CC2)cn1. The minimum atomic E-state index is -3.60. The molecule has 27 heavy (non-hydrogen) atoms. The third kappa shape index (κ3) is 4.01. The standard InChI is InChI=1S/C17H21N5O4S/c1-18-17-19-11-13(12-20-17)16(23)21-7-9-22(10-8-21)27(24,25)15-5-3-14(26-2)4-6-15/h3-6,11-12H,7-10H2,1-2H3,(H,18,19,20). The molecule has 0 spiro atoms. The van der Waals surface area contributed by atoms with E-state index in [1.54, 1.807) is 24.1 Å². The Bertz CT molecular complexity index is 892. The van der Waals surface area contributed by atoms with Crippen molar-refractivity contribution in [3.8, 4) is 5.75 Å². The topological polar surface area (TPSA) is 105 Å². The summed E-state index contributed by atoms with van der Waals surface area (Å²) in [5, 5.41) is 2.79. The molecule has 0 saturated carbocycles. The zero-order valence-electron chi connectivity index (χ0n) is 15.1. The first-order valence-electron chi connectivity index (χ1n) is 8.39. The number of hydrogen-bond acceptors (Lipinski definition) is 7. The summed E-state index contributed by atoms with van der Waals surface area (Å²) in [6.07, 6.45) is 2.92. The first-order valence-corrected chi connectivity index (χ1v) is 9.83. The van der Waals surface area contributed by atoms with Crippen LogP contribution in [0.15, 0.2) is 41.6 Å². The van der Waals surface area contributed by atoms with Crippen molar-refractivity contribution in [1.82, 2.24) is 19.2 Å². The van der Waals surface area contributed by atoms with E-state index in [2.05, 4.69) is 15.3 Å². The molecule has 0 aliphatic carbocycles. The van der Waals surface area contributed by atoms with E-state index in [1.807, 2.05) is 0 Å². The number of benzene rings is 1. The summed E-state index contributed by atoms with van der Waals surface area (Å²) in [6, 6.07) is 6.27. The van der Waals surface area contributed by atoms with Crippen molar-refractivity contribution in [3.05, 3.63) is 42.2 Å². The Kier molecular flexibility index (Phi) is 5.57. The van der Waals surface area contributed by atoms with Gasteiger partial charge in [0.25, 0.3) is 5.91 Å². The van der Waals surface area contributed by atoms with Gasteiger partial charge in [-0.25, -0.2) is 18.4 Å². The molecule has 1 aromatic heterocycles. The third-order valence-corrected chi connectivity index (χ3v) is 6.26. The summed E-state index contributed by atoms with van der Waals surface area (Å²) < 4.78 is 32.0. The van der Waals surface area contributed by atoms with E-state index in [-0.39, 0.29) is 23.9 Å². The van der Waals surface area contributed by atoms with E-state index < -0.39 is 10.0 Å². The molecule has 1 saturated heterocycles. The van der Waals surface area contributed by atoms with Gasteiger partial charge in [-0.2, -0.15) is 4.31 Å². The lowest BCUT2D eigenvalue weighted by Crippen LogP contribution is -2.50. The molecular weight excluding hydrogens is 370 g/mol. The minimum absolute atomic E-state index is 0.208. The molecule has 2 aromatic rings. The number of amides is 1. The van der Waals surface area contributed by atoms with Crippen LogP contribution in [-0.4, -0.2) is 73.8 Å². The van der Waals surface area contributed by atoms with E-state index in [0.29, 0.717) is 30.4 Å². The van der Waals surface area contributed by atoms with E-state index in [0.717, 1.165) is 0 Å². The maximum absolute atomic E-state index is 12.8. The minimum Gasteiger partial charge on any atom is -0.497 e. The van der Waals surface area contributed by atoms with Crippen LogP contribution in [0.4, 0.5) is 5.95 Å². The van der Waals surface area contributed by atoms with E-state index in [4.69, 9.17) is 4.74 Å². The van der Waals surface area contributed by atoms with Crippen LogP contribution >= 0.6 is 0 Å². The van der Waals surface area contributed by atoms with Crippen molar-refractivity contribution >= 4 is 21.9 Å². The van der Waals surface area contributed by atoms with Gasteiger partial charge in [-0.3, -0.25) is 4.79 Å². The van der Waals surface area contributed by atoms with Gasteiger partial charge in [-0.05, 0) is 24.3 Å². The van der Waals surface area contributed by atoms with E-state index in [9.17, 15) is 13.2 Å². The zero-order chi connectivity index (χ0) is 19.4. The van der Waals surface area contributed by atoms with Crippen molar-refractivity contribution < 1.29 is 17.9 Å². The van der Waals surface area contributed by atoms with Crippen LogP contribution in [0, 0.1) is 0 Å². The maximum Gasteiger partial charge on any atom is 0.257 e. The zero-order valence-corrected chi connectivity index (χ0v) is 15.9. The van der Waals surface area contributed by atoms with Crippen LogP contribution in [0.2, 0.25) is 0 Å². The maximum atomic E-state index is 12.8. The van der Waals surface area contributed by atoms with Gasteiger partial charge < -0.3 is 15.0 Å². The lowest BCUT2D eigenvalue weighted by atomic mass is 10.2. The van der Waals surface area contributed by atoms with Gasteiger partial charge in [0, 0.05) is 45.6 Å². The molecule has 10 heteroatoms. The molecule has 1 amide bonds. The smallest absolute Gasteiger partial charge is 0.257 e. The Morgan fingerprint density at radius 1 is 1.07 bits per heavy atom. The van der Waals surface area contributed by atoms with Crippen LogP contribution in [-0.2, 0) is 10.0 Å². The molecule has 1 aliphatic heterocycles. The van der Waals surface area contributed by atoms with Crippen LogP contribution in [0.25, 0.3) is 0 Å². The van der Waals surface area contributed by atoms with Crippen LogP contribution in [0.1, 0.15) is 10.4 Å². The molecule has 0 bridgehead atoms. The van der Waals surface area contributed by atoms with Crippen molar-refractivity contribution in [2.24, 2.45) is 0 Å². The quantitative estimate of drug-likeness (QED) is 0.799. The molecule has 1 aliphatic rings. The summed E-state index contributed by atoms with van der Waals surface area (Å²) in [7, 11) is -0.384. The number of piperazine rings is 1.